The summed E-state index contributed by atoms with van der Waals surface area (Å²) in [7, 11) is 0. The molecule has 110 valence electrons. The van der Waals surface area contributed by atoms with E-state index in [1.807, 2.05) is 0 Å². The minimum Gasteiger partial charge on any atom is -0.414 e. The van der Waals surface area contributed by atoms with E-state index >= 15 is 0 Å². The molecule has 0 spiro atoms. The van der Waals surface area contributed by atoms with Crippen LogP contribution >= 0.6 is 0 Å². The Kier molecular flexibility index (Phi) is 4.06. The van der Waals surface area contributed by atoms with Crippen molar-refractivity contribution in [2.75, 3.05) is 0 Å². The van der Waals surface area contributed by atoms with Crippen molar-refractivity contribution in [2.45, 2.75) is 13.1 Å². The molecule has 0 saturated carbocycles. The van der Waals surface area contributed by atoms with Gasteiger partial charge in [0.2, 0.25) is 23.2 Å². The largest absolute Gasteiger partial charge is 0.422 e. The molecule has 0 bridgehead atoms. The van der Waals surface area contributed by atoms with E-state index in [0.29, 0.717) is 6.92 Å². The highest BCUT2D eigenvalue weighted by atomic mass is 19.4. The van der Waals surface area contributed by atoms with E-state index < -0.39 is 52.5 Å². The molecular formula is C10H3F7O3. The number of benzene rings is 1. The summed E-state index contributed by atoms with van der Waals surface area (Å²) in [6.45, 7) is 0.606. The maximum Gasteiger partial charge on any atom is 0.422 e. The Morgan fingerprint density at radius 3 is 1.60 bits per heavy atom. The smallest absolute Gasteiger partial charge is 0.414 e. The van der Waals surface area contributed by atoms with Crippen LogP contribution in [-0.4, -0.2) is 11.8 Å². The van der Waals surface area contributed by atoms with Crippen molar-refractivity contribution in [1.82, 2.24) is 0 Å². The molecule has 0 radical (unpaired) electrons. The molecule has 1 aromatic rings. The lowest BCUT2D eigenvalue weighted by atomic mass is 10.1. The fourth-order valence-corrected chi connectivity index (χ4v) is 1.11. The summed E-state index contributed by atoms with van der Waals surface area (Å²) < 4.78 is 92.9. The molecule has 0 amide bonds. The SMILES string of the molecule is CC(=O)C(=O)Oc1c(F)c(F)c(C(F)(F)F)c(F)c1F. The van der Waals surface area contributed by atoms with Gasteiger partial charge in [0.05, 0.1) is 0 Å². The van der Waals surface area contributed by atoms with Gasteiger partial charge in [0.1, 0.15) is 5.56 Å². The topological polar surface area (TPSA) is 43.4 Å². The van der Waals surface area contributed by atoms with Gasteiger partial charge in [0.15, 0.2) is 11.6 Å². The van der Waals surface area contributed by atoms with Gasteiger partial charge in [-0.05, 0) is 0 Å². The number of esters is 1. The zero-order chi connectivity index (χ0) is 15.8. The van der Waals surface area contributed by atoms with Crippen LogP contribution in [0.5, 0.6) is 5.75 Å². The standard InChI is InChI=1S/C10H3F7O3/c1-2(18)9(19)20-8-6(13)4(11)3(10(15,16)17)5(12)7(8)14/h1H3. The fourth-order valence-electron chi connectivity index (χ4n) is 1.11. The van der Waals surface area contributed by atoms with Gasteiger partial charge >= 0.3 is 12.1 Å². The van der Waals surface area contributed by atoms with Crippen molar-refractivity contribution in [3.8, 4) is 5.75 Å². The van der Waals surface area contributed by atoms with Gasteiger partial charge in [-0.1, -0.05) is 0 Å². The maximum absolute atomic E-state index is 13.2. The molecule has 0 atom stereocenters. The summed E-state index contributed by atoms with van der Waals surface area (Å²) in [6, 6.07) is 0. The lowest BCUT2D eigenvalue weighted by Crippen LogP contribution is -2.21. The molecule has 0 saturated heterocycles. The van der Waals surface area contributed by atoms with Gasteiger partial charge in [-0.15, -0.1) is 0 Å². The number of carbonyl (C=O) groups is 2. The van der Waals surface area contributed by atoms with Gasteiger partial charge < -0.3 is 4.74 Å². The van der Waals surface area contributed by atoms with E-state index in [9.17, 15) is 40.3 Å². The summed E-state index contributed by atoms with van der Waals surface area (Å²) >= 11 is 0. The molecule has 3 nitrogen and oxygen atoms in total. The quantitative estimate of drug-likeness (QED) is 0.277. The van der Waals surface area contributed by atoms with Crippen LogP contribution < -0.4 is 4.74 Å². The second-order valence-corrected chi connectivity index (χ2v) is 3.40. The number of rotatable bonds is 2. The number of Topliss-reactive ketones (excluding diaryl/α,β-unsaturated/α-hetero) is 1. The van der Waals surface area contributed by atoms with Crippen molar-refractivity contribution >= 4 is 11.8 Å². The van der Waals surface area contributed by atoms with E-state index in [4.69, 9.17) is 0 Å². The molecule has 10 heteroatoms. The summed E-state index contributed by atoms with van der Waals surface area (Å²) in [6.07, 6.45) is -5.71. The Bertz CT molecular complexity index is 562. The van der Waals surface area contributed by atoms with E-state index in [-0.39, 0.29) is 0 Å². The second-order valence-electron chi connectivity index (χ2n) is 3.40. The van der Waals surface area contributed by atoms with E-state index in [1.54, 1.807) is 0 Å². The van der Waals surface area contributed by atoms with Gasteiger partial charge in [-0.3, -0.25) is 4.79 Å². The number of alkyl halides is 3. The number of hydrogen-bond donors (Lipinski definition) is 0. The molecule has 0 unspecified atom stereocenters. The Morgan fingerprint density at radius 1 is 0.900 bits per heavy atom. The first-order valence-corrected chi connectivity index (χ1v) is 4.64. The molecule has 0 heterocycles. The number of ether oxygens (including phenoxy) is 1. The summed E-state index contributed by atoms with van der Waals surface area (Å²) in [5.74, 6) is -16.1. The maximum atomic E-state index is 13.2. The van der Waals surface area contributed by atoms with Crippen LogP contribution in [0.3, 0.4) is 0 Å². The van der Waals surface area contributed by atoms with Crippen molar-refractivity contribution in [3.63, 3.8) is 0 Å². The first-order chi connectivity index (χ1) is 8.98. The van der Waals surface area contributed by atoms with Crippen LogP contribution in [0.15, 0.2) is 0 Å². The lowest BCUT2D eigenvalue weighted by Gasteiger charge is -2.13. The van der Waals surface area contributed by atoms with Crippen molar-refractivity contribution < 1.29 is 45.1 Å². The molecule has 20 heavy (non-hydrogen) atoms. The van der Waals surface area contributed by atoms with Gasteiger partial charge in [-0.25, -0.2) is 13.6 Å². The third-order valence-corrected chi connectivity index (χ3v) is 1.99. The monoisotopic (exact) mass is 304 g/mol. The fraction of sp³-hybridized carbons (Fsp3) is 0.200. The van der Waals surface area contributed by atoms with Crippen LogP contribution in [0.1, 0.15) is 12.5 Å². The minimum absolute atomic E-state index is 0.606. The Morgan fingerprint density at radius 2 is 1.30 bits per heavy atom. The lowest BCUT2D eigenvalue weighted by molar-refractivity contribution is -0.146. The summed E-state index contributed by atoms with van der Waals surface area (Å²) in [4.78, 5) is 21.2. The Balaban J connectivity index is 3.53. The molecule has 0 aromatic heterocycles. The number of halogens is 7. The minimum atomic E-state index is -5.71. The average molecular weight is 304 g/mol. The molecule has 0 aliphatic carbocycles. The van der Waals surface area contributed by atoms with Crippen molar-refractivity contribution in [3.05, 3.63) is 28.8 Å². The highest BCUT2D eigenvalue weighted by Crippen LogP contribution is 2.39. The van der Waals surface area contributed by atoms with Crippen LogP contribution in [0, 0.1) is 23.3 Å². The Labute approximate surface area is 105 Å². The predicted molar refractivity (Wildman–Crippen MR) is 47.6 cm³/mol. The summed E-state index contributed by atoms with van der Waals surface area (Å²) in [5, 5.41) is 0. The van der Waals surface area contributed by atoms with Gasteiger partial charge in [0.25, 0.3) is 0 Å². The highest BCUT2D eigenvalue weighted by Gasteiger charge is 2.43. The number of hydrogen-bond acceptors (Lipinski definition) is 3. The normalized spacial score (nSPS) is 11.4. The van der Waals surface area contributed by atoms with Crippen LogP contribution in [0.4, 0.5) is 30.7 Å². The first kappa shape index (κ1) is 15.9. The van der Waals surface area contributed by atoms with E-state index in [1.165, 1.54) is 0 Å². The zero-order valence-electron chi connectivity index (χ0n) is 9.37. The second kappa shape index (κ2) is 5.10. The van der Waals surface area contributed by atoms with Crippen LogP contribution in [0.2, 0.25) is 0 Å². The van der Waals surface area contributed by atoms with Gasteiger partial charge in [-0.2, -0.15) is 22.0 Å². The molecule has 0 aliphatic heterocycles. The molecule has 0 N–H and O–H groups in total. The molecule has 1 rings (SSSR count). The third kappa shape index (κ3) is 2.73. The molecular weight excluding hydrogens is 301 g/mol. The average Bonchev–Trinajstić information content (AvgIpc) is 2.30. The zero-order valence-corrected chi connectivity index (χ0v) is 9.37. The van der Waals surface area contributed by atoms with Crippen molar-refractivity contribution in [2.24, 2.45) is 0 Å². The van der Waals surface area contributed by atoms with Gasteiger partial charge in [0, 0.05) is 6.92 Å². The summed E-state index contributed by atoms with van der Waals surface area (Å²) in [5.41, 5.74) is -2.81. The Hall–Kier alpha value is -2.13. The van der Waals surface area contributed by atoms with E-state index in [2.05, 4.69) is 4.74 Å². The molecule has 0 aliphatic rings. The van der Waals surface area contributed by atoms with Crippen LogP contribution in [0.25, 0.3) is 0 Å². The number of ketones is 1. The first-order valence-electron chi connectivity index (χ1n) is 4.64. The predicted octanol–water partition coefficient (Wildman–Crippen LogP) is 2.76. The van der Waals surface area contributed by atoms with Crippen LogP contribution in [-0.2, 0) is 15.8 Å². The third-order valence-electron chi connectivity index (χ3n) is 1.99. The van der Waals surface area contributed by atoms with Crippen molar-refractivity contribution in [1.29, 1.82) is 0 Å². The molecule has 1 aromatic carbocycles. The number of carbonyl (C=O) groups excluding carboxylic acids is 2. The molecule has 0 fully saturated rings. The highest BCUT2D eigenvalue weighted by molar-refractivity contribution is 6.33. The van der Waals surface area contributed by atoms with E-state index in [0.717, 1.165) is 0 Å².